The first kappa shape index (κ1) is 13.0. The molecule has 1 atom stereocenters. The maximum Gasteiger partial charge on any atom is 0.306 e. The monoisotopic (exact) mass is 248 g/mol. The average molecular weight is 248 g/mol. The number of ether oxygens (including phenoxy) is 1. The van der Waals surface area contributed by atoms with Crippen LogP contribution in [0.1, 0.15) is 43.6 Å². The molecule has 0 aliphatic carbocycles. The maximum atomic E-state index is 11.3. The summed E-state index contributed by atoms with van der Waals surface area (Å²) < 4.78 is 4.91. The SMILES string of the molecule is CCOC(=O)CCc1cccc([C@H]2CCCN2)n1. The number of esters is 1. The fraction of sp³-hybridized carbons (Fsp3) is 0.571. The van der Waals surface area contributed by atoms with Crippen molar-refractivity contribution in [2.75, 3.05) is 13.2 Å². The fourth-order valence-electron chi connectivity index (χ4n) is 2.23. The van der Waals surface area contributed by atoms with Crippen LogP contribution in [0.2, 0.25) is 0 Å². The molecule has 1 aliphatic heterocycles. The molecule has 4 heteroatoms. The Kier molecular flexibility index (Phi) is 4.70. The first-order valence-electron chi connectivity index (χ1n) is 6.64. The van der Waals surface area contributed by atoms with Crippen molar-refractivity contribution in [3.05, 3.63) is 29.6 Å². The fourth-order valence-corrected chi connectivity index (χ4v) is 2.23. The lowest BCUT2D eigenvalue weighted by Crippen LogP contribution is -2.15. The number of carbonyl (C=O) groups is 1. The number of pyridine rings is 1. The summed E-state index contributed by atoms with van der Waals surface area (Å²) in [6.07, 6.45) is 3.41. The molecule has 1 aromatic rings. The van der Waals surface area contributed by atoms with Gasteiger partial charge >= 0.3 is 5.97 Å². The Bertz CT molecular complexity index is 401. The Labute approximate surface area is 108 Å². The van der Waals surface area contributed by atoms with Crippen LogP contribution in [0.25, 0.3) is 0 Å². The number of nitrogens with zero attached hydrogens (tertiary/aromatic N) is 1. The topological polar surface area (TPSA) is 51.2 Å². The summed E-state index contributed by atoms with van der Waals surface area (Å²) in [6.45, 7) is 3.33. The summed E-state index contributed by atoms with van der Waals surface area (Å²) >= 11 is 0. The van der Waals surface area contributed by atoms with Gasteiger partial charge in [0.15, 0.2) is 0 Å². The van der Waals surface area contributed by atoms with Crippen LogP contribution in [-0.2, 0) is 16.0 Å². The molecule has 2 rings (SSSR count). The minimum atomic E-state index is -0.149. The van der Waals surface area contributed by atoms with Gasteiger partial charge in [-0.15, -0.1) is 0 Å². The summed E-state index contributed by atoms with van der Waals surface area (Å²) in [5, 5.41) is 3.43. The molecule has 1 saturated heterocycles. The van der Waals surface area contributed by atoms with E-state index in [2.05, 4.69) is 16.4 Å². The molecule has 1 fully saturated rings. The van der Waals surface area contributed by atoms with Crippen molar-refractivity contribution in [2.45, 2.75) is 38.6 Å². The molecule has 0 unspecified atom stereocenters. The third kappa shape index (κ3) is 3.53. The second-order valence-electron chi connectivity index (χ2n) is 4.51. The number of aromatic nitrogens is 1. The van der Waals surface area contributed by atoms with Gasteiger partial charge in [0, 0.05) is 18.2 Å². The summed E-state index contributed by atoms with van der Waals surface area (Å²) in [6, 6.07) is 6.42. The van der Waals surface area contributed by atoms with Gasteiger partial charge in [-0.25, -0.2) is 0 Å². The summed E-state index contributed by atoms with van der Waals surface area (Å²) in [5.74, 6) is -0.149. The van der Waals surface area contributed by atoms with Gasteiger partial charge < -0.3 is 10.1 Å². The highest BCUT2D eigenvalue weighted by Crippen LogP contribution is 2.21. The first-order chi connectivity index (χ1) is 8.79. The minimum absolute atomic E-state index is 0.149. The number of hydrogen-bond acceptors (Lipinski definition) is 4. The summed E-state index contributed by atoms with van der Waals surface area (Å²) in [5.41, 5.74) is 2.06. The molecule has 1 N–H and O–H groups in total. The van der Waals surface area contributed by atoms with Gasteiger partial charge in [0.2, 0.25) is 0 Å². The predicted octanol–water partition coefficient (Wildman–Crippen LogP) is 2.00. The van der Waals surface area contributed by atoms with Gasteiger partial charge in [0.05, 0.1) is 18.7 Å². The molecule has 0 aromatic carbocycles. The number of rotatable bonds is 5. The zero-order chi connectivity index (χ0) is 12.8. The summed E-state index contributed by atoms with van der Waals surface area (Å²) in [4.78, 5) is 15.9. The van der Waals surface area contributed by atoms with Gasteiger partial charge in [0.25, 0.3) is 0 Å². The maximum absolute atomic E-state index is 11.3. The highest BCUT2D eigenvalue weighted by atomic mass is 16.5. The number of hydrogen-bond donors (Lipinski definition) is 1. The minimum Gasteiger partial charge on any atom is -0.466 e. The smallest absolute Gasteiger partial charge is 0.306 e. The Morgan fingerprint density at radius 3 is 3.17 bits per heavy atom. The molecule has 18 heavy (non-hydrogen) atoms. The van der Waals surface area contributed by atoms with Gasteiger partial charge in [-0.05, 0) is 38.4 Å². The van der Waals surface area contributed by atoms with E-state index in [-0.39, 0.29) is 5.97 Å². The molecule has 0 saturated carbocycles. The van der Waals surface area contributed by atoms with E-state index >= 15 is 0 Å². The Morgan fingerprint density at radius 2 is 2.44 bits per heavy atom. The lowest BCUT2D eigenvalue weighted by Gasteiger charge is -2.10. The zero-order valence-electron chi connectivity index (χ0n) is 10.8. The van der Waals surface area contributed by atoms with E-state index in [4.69, 9.17) is 4.74 Å². The van der Waals surface area contributed by atoms with Crippen LogP contribution in [-0.4, -0.2) is 24.1 Å². The van der Waals surface area contributed by atoms with Gasteiger partial charge in [-0.2, -0.15) is 0 Å². The largest absolute Gasteiger partial charge is 0.466 e. The lowest BCUT2D eigenvalue weighted by molar-refractivity contribution is -0.143. The molecule has 1 aromatic heterocycles. The van der Waals surface area contributed by atoms with Crippen LogP contribution in [0.4, 0.5) is 0 Å². The van der Waals surface area contributed by atoms with Crippen molar-refractivity contribution in [3.63, 3.8) is 0 Å². The van der Waals surface area contributed by atoms with E-state index < -0.39 is 0 Å². The highest BCUT2D eigenvalue weighted by Gasteiger charge is 2.17. The van der Waals surface area contributed by atoms with Crippen LogP contribution in [0.5, 0.6) is 0 Å². The molecule has 1 aliphatic rings. The molecule has 0 radical (unpaired) electrons. The van der Waals surface area contributed by atoms with E-state index in [1.807, 2.05) is 19.1 Å². The van der Waals surface area contributed by atoms with E-state index in [1.54, 1.807) is 0 Å². The van der Waals surface area contributed by atoms with Crippen molar-refractivity contribution in [3.8, 4) is 0 Å². The third-order valence-corrected chi connectivity index (χ3v) is 3.14. The summed E-state index contributed by atoms with van der Waals surface area (Å²) in [7, 11) is 0. The number of nitrogens with one attached hydrogen (secondary N) is 1. The quantitative estimate of drug-likeness (QED) is 0.810. The van der Waals surface area contributed by atoms with E-state index in [0.29, 0.717) is 25.5 Å². The normalized spacial score (nSPS) is 18.8. The van der Waals surface area contributed by atoms with Crippen molar-refractivity contribution in [1.29, 1.82) is 0 Å². The second kappa shape index (κ2) is 6.50. The Balaban J connectivity index is 1.92. The van der Waals surface area contributed by atoms with Crippen LogP contribution < -0.4 is 5.32 Å². The first-order valence-corrected chi connectivity index (χ1v) is 6.64. The van der Waals surface area contributed by atoms with Crippen LogP contribution in [0, 0.1) is 0 Å². The van der Waals surface area contributed by atoms with Crippen LogP contribution >= 0.6 is 0 Å². The lowest BCUT2D eigenvalue weighted by atomic mass is 10.1. The van der Waals surface area contributed by atoms with Crippen molar-refractivity contribution in [2.24, 2.45) is 0 Å². The number of aryl methyl sites for hydroxylation is 1. The Morgan fingerprint density at radius 1 is 1.56 bits per heavy atom. The van der Waals surface area contributed by atoms with Crippen molar-refractivity contribution < 1.29 is 9.53 Å². The average Bonchev–Trinajstić information content (AvgIpc) is 2.91. The third-order valence-electron chi connectivity index (χ3n) is 3.14. The van der Waals surface area contributed by atoms with Crippen molar-refractivity contribution in [1.82, 2.24) is 10.3 Å². The molecular formula is C14H20N2O2. The molecule has 2 heterocycles. The second-order valence-corrected chi connectivity index (χ2v) is 4.51. The van der Waals surface area contributed by atoms with E-state index in [0.717, 1.165) is 24.4 Å². The molecule has 4 nitrogen and oxygen atoms in total. The van der Waals surface area contributed by atoms with Gasteiger partial charge in [-0.3, -0.25) is 9.78 Å². The molecule has 98 valence electrons. The van der Waals surface area contributed by atoms with E-state index in [9.17, 15) is 4.79 Å². The molecule has 0 amide bonds. The highest BCUT2D eigenvalue weighted by molar-refractivity contribution is 5.69. The van der Waals surface area contributed by atoms with Gasteiger partial charge in [0.1, 0.15) is 0 Å². The zero-order valence-corrected chi connectivity index (χ0v) is 10.8. The van der Waals surface area contributed by atoms with Gasteiger partial charge in [-0.1, -0.05) is 6.07 Å². The molecule has 0 spiro atoms. The molecule has 0 bridgehead atoms. The number of carbonyl (C=O) groups excluding carboxylic acids is 1. The van der Waals surface area contributed by atoms with Crippen molar-refractivity contribution >= 4 is 5.97 Å². The standard InChI is InChI=1S/C14H20N2O2/c1-2-18-14(17)9-8-11-5-3-6-13(16-11)12-7-4-10-15-12/h3,5-6,12,15H,2,4,7-10H2,1H3/t12-/m1/s1. The molecular weight excluding hydrogens is 228 g/mol. The van der Waals surface area contributed by atoms with Crippen LogP contribution in [0.3, 0.4) is 0 Å². The van der Waals surface area contributed by atoms with Crippen LogP contribution in [0.15, 0.2) is 18.2 Å². The van der Waals surface area contributed by atoms with E-state index in [1.165, 1.54) is 6.42 Å². The predicted molar refractivity (Wildman–Crippen MR) is 69.2 cm³/mol. The Hall–Kier alpha value is -1.42.